The Balaban J connectivity index is 2.32. The Kier molecular flexibility index (Phi) is 5.39. The molecule has 1 saturated carbocycles. The molecule has 0 saturated heterocycles. The van der Waals surface area contributed by atoms with Gasteiger partial charge >= 0.3 is 5.97 Å². The Morgan fingerprint density at radius 2 is 1.89 bits per heavy atom. The average Bonchev–Trinajstić information content (AvgIpc) is 2.28. The first-order valence-electron chi connectivity index (χ1n) is 7.30. The van der Waals surface area contributed by atoms with Gasteiger partial charge in [-0.15, -0.1) is 0 Å². The van der Waals surface area contributed by atoms with Crippen LogP contribution in [0.25, 0.3) is 0 Å². The molecular weight excluding hydrogens is 242 g/mol. The number of hydrogen-bond acceptors (Lipinski definition) is 3. The largest absolute Gasteiger partial charge is 0.481 e. The third kappa shape index (κ3) is 5.11. The van der Waals surface area contributed by atoms with E-state index in [1.807, 2.05) is 0 Å². The lowest BCUT2D eigenvalue weighted by Crippen LogP contribution is -2.46. The number of aliphatic carboxylic acids is 1. The van der Waals surface area contributed by atoms with E-state index in [-0.39, 0.29) is 11.3 Å². The molecule has 1 atom stereocenters. The molecule has 1 fully saturated rings. The summed E-state index contributed by atoms with van der Waals surface area (Å²) in [6.45, 7) is 10.3. The predicted molar refractivity (Wildman–Crippen MR) is 76.0 cm³/mol. The van der Waals surface area contributed by atoms with Gasteiger partial charge in [-0.1, -0.05) is 27.7 Å². The van der Waals surface area contributed by atoms with Crippen LogP contribution in [-0.2, 0) is 4.79 Å². The van der Waals surface area contributed by atoms with Crippen molar-refractivity contribution in [3.63, 3.8) is 0 Å². The maximum Gasteiger partial charge on any atom is 0.306 e. The number of carboxylic acid groups (broad SMARTS) is 1. The summed E-state index contributed by atoms with van der Waals surface area (Å²) in [7, 11) is 0. The predicted octanol–water partition coefficient (Wildman–Crippen LogP) is 2.26. The zero-order valence-corrected chi connectivity index (χ0v) is 12.7. The molecule has 0 aromatic carbocycles. The lowest BCUT2D eigenvalue weighted by atomic mass is 9.78. The second kappa shape index (κ2) is 6.23. The summed E-state index contributed by atoms with van der Waals surface area (Å²) in [5.74, 6) is -0.461. The first kappa shape index (κ1) is 16.4. The molecule has 0 radical (unpaired) electrons. The van der Waals surface area contributed by atoms with Crippen LogP contribution in [0.2, 0.25) is 0 Å². The van der Waals surface area contributed by atoms with Gasteiger partial charge in [0.2, 0.25) is 0 Å². The van der Waals surface area contributed by atoms with E-state index in [2.05, 4.69) is 33.0 Å². The average molecular weight is 271 g/mol. The molecule has 1 aliphatic rings. The zero-order chi connectivity index (χ0) is 14.7. The van der Waals surface area contributed by atoms with Crippen molar-refractivity contribution in [2.75, 3.05) is 13.1 Å². The summed E-state index contributed by atoms with van der Waals surface area (Å²) >= 11 is 0. The van der Waals surface area contributed by atoms with Gasteiger partial charge in [0.1, 0.15) is 0 Å². The Hall–Kier alpha value is -0.610. The highest BCUT2D eigenvalue weighted by molar-refractivity contribution is 5.70. The molecule has 1 unspecified atom stereocenters. The first-order valence-corrected chi connectivity index (χ1v) is 7.30. The maximum absolute atomic E-state index is 10.9. The molecule has 19 heavy (non-hydrogen) atoms. The Labute approximate surface area is 116 Å². The summed E-state index contributed by atoms with van der Waals surface area (Å²) < 4.78 is 0. The molecule has 4 heteroatoms. The first-order chi connectivity index (χ1) is 8.64. The minimum Gasteiger partial charge on any atom is -0.481 e. The number of carboxylic acids is 1. The number of rotatable bonds is 5. The maximum atomic E-state index is 10.9. The number of hydrogen-bond donors (Lipinski definition) is 3. The van der Waals surface area contributed by atoms with Crippen LogP contribution in [0.15, 0.2) is 0 Å². The molecule has 1 rings (SSSR count). The molecule has 4 nitrogen and oxygen atoms in total. The van der Waals surface area contributed by atoms with Gasteiger partial charge in [-0.2, -0.15) is 0 Å². The van der Waals surface area contributed by atoms with Gasteiger partial charge < -0.3 is 15.5 Å². The van der Waals surface area contributed by atoms with Crippen LogP contribution in [-0.4, -0.2) is 34.9 Å². The summed E-state index contributed by atoms with van der Waals surface area (Å²) in [5, 5.41) is 22.7. The lowest BCUT2D eigenvalue weighted by Gasteiger charge is -2.36. The van der Waals surface area contributed by atoms with Crippen LogP contribution >= 0.6 is 0 Å². The van der Waals surface area contributed by atoms with Gasteiger partial charge in [0.05, 0.1) is 11.5 Å². The molecule has 1 aliphatic carbocycles. The van der Waals surface area contributed by atoms with Crippen LogP contribution in [0.1, 0.15) is 53.4 Å². The molecule has 112 valence electrons. The Morgan fingerprint density at radius 3 is 2.32 bits per heavy atom. The SMILES string of the molecule is CC(CNCC1(O)CCC(C(=O)O)CC1)C(C)(C)C. The van der Waals surface area contributed by atoms with Gasteiger partial charge in [-0.25, -0.2) is 0 Å². The summed E-state index contributed by atoms with van der Waals surface area (Å²) in [5.41, 5.74) is -0.458. The number of carbonyl (C=O) groups is 1. The number of aliphatic hydroxyl groups is 1. The minimum absolute atomic E-state index is 0.261. The van der Waals surface area contributed by atoms with Crippen molar-refractivity contribution < 1.29 is 15.0 Å². The molecule has 0 aliphatic heterocycles. The van der Waals surface area contributed by atoms with Crippen molar-refractivity contribution >= 4 is 5.97 Å². The van der Waals surface area contributed by atoms with Crippen LogP contribution in [0.5, 0.6) is 0 Å². The number of nitrogens with one attached hydrogen (secondary N) is 1. The third-order valence-corrected chi connectivity index (χ3v) is 4.65. The highest BCUT2D eigenvalue weighted by atomic mass is 16.4. The lowest BCUT2D eigenvalue weighted by molar-refractivity contribution is -0.144. The summed E-state index contributed by atoms with van der Waals surface area (Å²) in [4.78, 5) is 10.9. The van der Waals surface area contributed by atoms with Crippen molar-refractivity contribution in [3.8, 4) is 0 Å². The van der Waals surface area contributed by atoms with Crippen LogP contribution in [0, 0.1) is 17.3 Å². The van der Waals surface area contributed by atoms with E-state index in [0.29, 0.717) is 38.1 Å². The standard InChI is InChI=1S/C15H29NO3/c1-11(14(2,3)4)9-16-10-15(19)7-5-12(6-8-15)13(17)18/h11-12,16,19H,5-10H2,1-4H3,(H,17,18). The molecule has 0 amide bonds. The normalized spacial score (nSPS) is 30.1. The van der Waals surface area contributed by atoms with E-state index in [1.54, 1.807) is 0 Å². The Bertz CT molecular complexity index is 301. The van der Waals surface area contributed by atoms with E-state index < -0.39 is 11.6 Å². The van der Waals surface area contributed by atoms with Crippen molar-refractivity contribution in [1.82, 2.24) is 5.32 Å². The van der Waals surface area contributed by atoms with Crippen LogP contribution in [0.4, 0.5) is 0 Å². The molecule has 0 heterocycles. The molecule has 3 N–H and O–H groups in total. The zero-order valence-electron chi connectivity index (χ0n) is 12.7. The van der Waals surface area contributed by atoms with E-state index >= 15 is 0 Å². The van der Waals surface area contributed by atoms with Gasteiger partial charge in [0.15, 0.2) is 0 Å². The third-order valence-electron chi connectivity index (χ3n) is 4.65. The van der Waals surface area contributed by atoms with E-state index in [9.17, 15) is 9.90 Å². The van der Waals surface area contributed by atoms with E-state index in [4.69, 9.17) is 5.11 Å². The fourth-order valence-electron chi connectivity index (χ4n) is 2.41. The quantitative estimate of drug-likeness (QED) is 0.717. The highest BCUT2D eigenvalue weighted by Gasteiger charge is 2.35. The molecule has 0 spiro atoms. The topological polar surface area (TPSA) is 69.6 Å². The summed E-state index contributed by atoms with van der Waals surface area (Å²) in [6.07, 6.45) is 2.34. The van der Waals surface area contributed by atoms with E-state index in [0.717, 1.165) is 6.54 Å². The second-order valence-electron chi connectivity index (χ2n) is 7.23. The van der Waals surface area contributed by atoms with Crippen molar-refractivity contribution in [2.45, 2.75) is 59.0 Å². The molecular formula is C15H29NO3. The van der Waals surface area contributed by atoms with Crippen LogP contribution in [0.3, 0.4) is 0 Å². The smallest absolute Gasteiger partial charge is 0.306 e. The van der Waals surface area contributed by atoms with Gasteiger partial charge in [-0.05, 0) is 43.6 Å². The van der Waals surface area contributed by atoms with Crippen LogP contribution < -0.4 is 5.32 Å². The Morgan fingerprint density at radius 1 is 1.37 bits per heavy atom. The monoisotopic (exact) mass is 271 g/mol. The fraction of sp³-hybridized carbons (Fsp3) is 0.933. The summed E-state index contributed by atoms with van der Waals surface area (Å²) in [6, 6.07) is 0. The fourth-order valence-corrected chi connectivity index (χ4v) is 2.41. The molecule has 0 bridgehead atoms. The van der Waals surface area contributed by atoms with Crippen molar-refractivity contribution in [3.05, 3.63) is 0 Å². The van der Waals surface area contributed by atoms with E-state index in [1.165, 1.54) is 0 Å². The molecule has 0 aromatic heterocycles. The van der Waals surface area contributed by atoms with Gasteiger partial charge in [0.25, 0.3) is 0 Å². The minimum atomic E-state index is -0.726. The van der Waals surface area contributed by atoms with Gasteiger partial charge in [-0.3, -0.25) is 4.79 Å². The van der Waals surface area contributed by atoms with Crippen molar-refractivity contribution in [1.29, 1.82) is 0 Å². The second-order valence-corrected chi connectivity index (χ2v) is 7.23. The van der Waals surface area contributed by atoms with Gasteiger partial charge in [0, 0.05) is 6.54 Å². The van der Waals surface area contributed by atoms with Crippen molar-refractivity contribution in [2.24, 2.45) is 17.3 Å². The highest BCUT2D eigenvalue weighted by Crippen LogP contribution is 2.32. The molecule has 0 aromatic rings.